The average molecular weight is 261 g/mol. The highest BCUT2D eigenvalue weighted by Gasteiger charge is 2.03. The van der Waals surface area contributed by atoms with Crippen LogP contribution in [-0.2, 0) is 0 Å². The van der Waals surface area contributed by atoms with Crippen LogP contribution in [0.25, 0.3) is 10.8 Å². The van der Waals surface area contributed by atoms with Crippen molar-refractivity contribution in [2.45, 2.75) is 19.4 Å². The first kappa shape index (κ1) is 15.1. The summed E-state index contributed by atoms with van der Waals surface area (Å²) in [5.74, 6) is -0.378. The van der Waals surface area contributed by atoms with Crippen molar-refractivity contribution < 1.29 is 15.0 Å². The molecule has 0 heterocycles. The van der Waals surface area contributed by atoms with Crippen LogP contribution in [0.2, 0.25) is 0 Å². The van der Waals surface area contributed by atoms with Crippen molar-refractivity contribution in [3.05, 3.63) is 48.0 Å². The summed E-state index contributed by atoms with van der Waals surface area (Å²) in [6, 6.07) is 13.2. The van der Waals surface area contributed by atoms with E-state index in [0.29, 0.717) is 12.0 Å². The molecular weight excluding hydrogens is 242 g/mol. The zero-order chi connectivity index (χ0) is 14.3. The molecule has 0 fully saturated rings. The third-order valence-corrected chi connectivity index (χ3v) is 2.60. The number of hydrogen-bond donors (Lipinski definition) is 3. The summed E-state index contributed by atoms with van der Waals surface area (Å²) >= 11 is 0. The minimum Gasteiger partial charge on any atom is -0.396 e. The topological polar surface area (TPSA) is 83.6 Å². The Hall–Kier alpha value is -1.91. The van der Waals surface area contributed by atoms with E-state index in [0.717, 1.165) is 10.8 Å². The lowest BCUT2D eigenvalue weighted by Gasteiger charge is -2.01. The Morgan fingerprint density at radius 2 is 1.84 bits per heavy atom. The molecule has 0 aromatic heterocycles. The van der Waals surface area contributed by atoms with Crippen molar-refractivity contribution in [1.29, 1.82) is 0 Å². The average Bonchev–Trinajstić information content (AvgIpc) is 2.38. The summed E-state index contributed by atoms with van der Waals surface area (Å²) in [4.78, 5) is 11.0. The number of carbonyl (C=O) groups is 1. The van der Waals surface area contributed by atoms with Gasteiger partial charge < -0.3 is 15.9 Å². The van der Waals surface area contributed by atoms with Crippen LogP contribution in [0.1, 0.15) is 23.7 Å². The van der Waals surface area contributed by atoms with E-state index < -0.39 is 0 Å². The maximum absolute atomic E-state index is 11.0. The van der Waals surface area contributed by atoms with Crippen LogP contribution in [0.4, 0.5) is 0 Å². The van der Waals surface area contributed by atoms with E-state index in [1.807, 2.05) is 36.4 Å². The SMILES string of the molecule is C[C@@H](O)CCO.NC(=O)c1cccc2ccccc12. The standard InChI is InChI=1S/C11H9NO.C4H10O2/c12-11(13)10-7-3-5-8-4-1-2-6-9(8)10;1-4(6)2-3-5/h1-7H,(H2,12,13);4-6H,2-3H2,1H3/t;4-/m.1/s1. The van der Waals surface area contributed by atoms with Gasteiger partial charge in [-0.2, -0.15) is 0 Å². The van der Waals surface area contributed by atoms with E-state index in [4.69, 9.17) is 15.9 Å². The zero-order valence-electron chi connectivity index (χ0n) is 10.9. The van der Waals surface area contributed by atoms with Gasteiger partial charge in [-0.05, 0) is 30.2 Å². The molecule has 0 radical (unpaired) electrons. The second-order valence-electron chi connectivity index (χ2n) is 4.25. The van der Waals surface area contributed by atoms with Gasteiger partial charge in [0.25, 0.3) is 0 Å². The fourth-order valence-electron chi connectivity index (χ4n) is 1.63. The number of aliphatic hydroxyl groups excluding tert-OH is 2. The van der Waals surface area contributed by atoms with Crippen LogP contribution in [0.5, 0.6) is 0 Å². The number of primary amides is 1. The molecule has 19 heavy (non-hydrogen) atoms. The molecule has 1 atom stereocenters. The van der Waals surface area contributed by atoms with Crippen LogP contribution in [0.15, 0.2) is 42.5 Å². The normalized spacial score (nSPS) is 11.5. The first-order chi connectivity index (χ1) is 9.06. The van der Waals surface area contributed by atoms with Gasteiger partial charge in [0.2, 0.25) is 5.91 Å². The Balaban J connectivity index is 0.000000258. The van der Waals surface area contributed by atoms with Gasteiger partial charge in [0.15, 0.2) is 0 Å². The molecule has 0 aliphatic heterocycles. The van der Waals surface area contributed by atoms with Crippen LogP contribution < -0.4 is 5.73 Å². The summed E-state index contributed by atoms with van der Waals surface area (Å²) in [5, 5.41) is 18.4. The van der Waals surface area contributed by atoms with Gasteiger partial charge in [0, 0.05) is 12.2 Å². The molecule has 1 amide bonds. The Kier molecular flexibility index (Phi) is 5.99. The van der Waals surface area contributed by atoms with Crippen molar-refractivity contribution in [3.8, 4) is 0 Å². The Labute approximate surface area is 112 Å². The van der Waals surface area contributed by atoms with Crippen LogP contribution >= 0.6 is 0 Å². The van der Waals surface area contributed by atoms with E-state index in [-0.39, 0.29) is 18.6 Å². The molecular formula is C15H19NO3. The Morgan fingerprint density at radius 1 is 1.21 bits per heavy atom. The van der Waals surface area contributed by atoms with Crippen molar-refractivity contribution in [2.24, 2.45) is 5.73 Å². The summed E-state index contributed by atoms with van der Waals surface area (Å²) in [6.07, 6.45) is 0.134. The molecule has 102 valence electrons. The molecule has 0 spiro atoms. The van der Waals surface area contributed by atoms with E-state index >= 15 is 0 Å². The van der Waals surface area contributed by atoms with E-state index in [2.05, 4.69) is 0 Å². The number of fused-ring (bicyclic) bond motifs is 1. The third kappa shape index (κ3) is 4.69. The molecule has 0 aliphatic rings. The molecule has 0 saturated carbocycles. The summed E-state index contributed by atoms with van der Waals surface area (Å²) in [5.41, 5.74) is 5.82. The minimum absolute atomic E-state index is 0.0810. The third-order valence-electron chi connectivity index (χ3n) is 2.60. The molecule has 4 nitrogen and oxygen atoms in total. The highest BCUT2D eigenvalue weighted by Crippen LogP contribution is 2.17. The molecule has 4 N–H and O–H groups in total. The molecule has 4 heteroatoms. The zero-order valence-corrected chi connectivity index (χ0v) is 10.9. The molecule has 0 aliphatic carbocycles. The number of benzene rings is 2. The number of hydrogen-bond acceptors (Lipinski definition) is 3. The van der Waals surface area contributed by atoms with Crippen LogP contribution in [-0.4, -0.2) is 28.8 Å². The van der Waals surface area contributed by atoms with Gasteiger partial charge in [0.1, 0.15) is 0 Å². The molecule has 2 aromatic rings. The van der Waals surface area contributed by atoms with Crippen LogP contribution in [0.3, 0.4) is 0 Å². The van der Waals surface area contributed by atoms with E-state index in [9.17, 15) is 4.79 Å². The van der Waals surface area contributed by atoms with Crippen molar-refractivity contribution >= 4 is 16.7 Å². The number of nitrogens with two attached hydrogens (primary N) is 1. The predicted molar refractivity (Wildman–Crippen MR) is 75.8 cm³/mol. The monoisotopic (exact) mass is 261 g/mol. The van der Waals surface area contributed by atoms with E-state index in [1.165, 1.54) is 0 Å². The lowest BCUT2D eigenvalue weighted by Crippen LogP contribution is -2.11. The lowest BCUT2D eigenvalue weighted by molar-refractivity contribution is 0.100. The fourth-order valence-corrected chi connectivity index (χ4v) is 1.63. The molecule has 2 aromatic carbocycles. The molecule has 0 unspecified atom stereocenters. The summed E-state index contributed by atoms with van der Waals surface area (Å²) in [7, 11) is 0. The van der Waals surface area contributed by atoms with Crippen molar-refractivity contribution in [3.63, 3.8) is 0 Å². The van der Waals surface area contributed by atoms with Crippen molar-refractivity contribution in [2.75, 3.05) is 6.61 Å². The van der Waals surface area contributed by atoms with Gasteiger partial charge in [-0.25, -0.2) is 0 Å². The highest BCUT2D eigenvalue weighted by molar-refractivity contribution is 6.06. The first-order valence-corrected chi connectivity index (χ1v) is 6.12. The first-order valence-electron chi connectivity index (χ1n) is 6.12. The Bertz CT molecular complexity index is 532. The van der Waals surface area contributed by atoms with Crippen molar-refractivity contribution in [1.82, 2.24) is 0 Å². The minimum atomic E-state index is -0.378. The largest absolute Gasteiger partial charge is 0.396 e. The van der Waals surface area contributed by atoms with Gasteiger partial charge in [-0.3, -0.25) is 4.79 Å². The van der Waals surface area contributed by atoms with Gasteiger partial charge >= 0.3 is 0 Å². The predicted octanol–water partition coefficient (Wildman–Crippen LogP) is 1.69. The second kappa shape index (κ2) is 7.51. The number of aliphatic hydroxyl groups is 2. The smallest absolute Gasteiger partial charge is 0.249 e. The summed E-state index contributed by atoms with van der Waals surface area (Å²) < 4.78 is 0. The quantitative estimate of drug-likeness (QED) is 0.786. The van der Waals surface area contributed by atoms with Gasteiger partial charge in [-0.15, -0.1) is 0 Å². The maximum Gasteiger partial charge on any atom is 0.249 e. The second-order valence-corrected chi connectivity index (χ2v) is 4.25. The number of amides is 1. The molecule has 0 bridgehead atoms. The Morgan fingerprint density at radius 3 is 2.37 bits per heavy atom. The van der Waals surface area contributed by atoms with Crippen LogP contribution in [0, 0.1) is 0 Å². The molecule has 2 rings (SSSR count). The fraction of sp³-hybridized carbons (Fsp3) is 0.267. The maximum atomic E-state index is 11.0. The highest BCUT2D eigenvalue weighted by atomic mass is 16.3. The number of rotatable bonds is 3. The molecule has 0 saturated heterocycles. The number of carbonyl (C=O) groups excluding carboxylic acids is 1. The van der Waals surface area contributed by atoms with Gasteiger partial charge in [0.05, 0.1) is 6.10 Å². The summed E-state index contributed by atoms with van der Waals surface area (Å²) in [6.45, 7) is 1.73. The van der Waals surface area contributed by atoms with Gasteiger partial charge in [-0.1, -0.05) is 36.4 Å². The van der Waals surface area contributed by atoms with E-state index in [1.54, 1.807) is 13.0 Å². The lowest BCUT2D eigenvalue weighted by atomic mass is 10.0.